The minimum absolute atomic E-state index is 0. The van der Waals surface area contributed by atoms with Crippen LogP contribution in [0, 0.1) is 5.92 Å². The van der Waals surface area contributed by atoms with Crippen molar-refractivity contribution in [2.24, 2.45) is 11.7 Å². The molecular weight excluding hydrogens is 425 g/mol. The highest BCUT2D eigenvalue weighted by molar-refractivity contribution is 6.35. The van der Waals surface area contributed by atoms with Gasteiger partial charge >= 0.3 is 5.97 Å². The van der Waals surface area contributed by atoms with E-state index in [2.05, 4.69) is 6.92 Å². The van der Waals surface area contributed by atoms with E-state index in [4.69, 9.17) is 43.1 Å². The van der Waals surface area contributed by atoms with E-state index in [-0.39, 0.29) is 31.0 Å². The summed E-state index contributed by atoms with van der Waals surface area (Å²) >= 11 is 12.4. The van der Waals surface area contributed by atoms with Gasteiger partial charge in [-0.25, -0.2) is 0 Å². The van der Waals surface area contributed by atoms with Gasteiger partial charge in [0.1, 0.15) is 12.1 Å². The topological polar surface area (TPSA) is 70.8 Å². The lowest BCUT2D eigenvalue weighted by molar-refractivity contribution is -0.159. The Morgan fingerprint density at radius 2 is 2.00 bits per heavy atom. The second-order valence-electron chi connectivity index (χ2n) is 7.03. The quantitative estimate of drug-likeness (QED) is 0.487. The summed E-state index contributed by atoms with van der Waals surface area (Å²) in [6.07, 6.45) is 3.07. The molecule has 1 fully saturated rings. The summed E-state index contributed by atoms with van der Waals surface area (Å²) in [7, 11) is 0. The summed E-state index contributed by atoms with van der Waals surface area (Å²) in [5.41, 5.74) is 6.78. The van der Waals surface area contributed by atoms with E-state index in [1.807, 2.05) is 19.1 Å². The van der Waals surface area contributed by atoms with E-state index in [0.717, 1.165) is 24.8 Å². The van der Waals surface area contributed by atoms with Gasteiger partial charge in [-0.1, -0.05) is 49.0 Å². The summed E-state index contributed by atoms with van der Waals surface area (Å²) in [6, 6.07) is 4.67. The summed E-state index contributed by atoms with van der Waals surface area (Å²) < 4.78 is 17.4. The smallest absolute Gasteiger partial charge is 0.325 e. The zero-order valence-electron chi connectivity index (χ0n) is 16.4. The van der Waals surface area contributed by atoms with Gasteiger partial charge in [-0.2, -0.15) is 0 Å². The average Bonchev–Trinajstić information content (AvgIpc) is 2.66. The van der Waals surface area contributed by atoms with Crippen molar-refractivity contribution >= 4 is 41.6 Å². The van der Waals surface area contributed by atoms with Gasteiger partial charge in [0.2, 0.25) is 0 Å². The fourth-order valence-electron chi connectivity index (χ4n) is 3.22. The average molecular weight is 455 g/mol. The van der Waals surface area contributed by atoms with Crippen LogP contribution < -0.4 is 5.73 Å². The molecule has 0 amide bonds. The van der Waals surface area contributed by atoms with Crippen LogP contribution in [0.15, 0.2) is 18.2 Å². The minimum Gasteiger partial charge on any atom is -0.459 e. The molecule has 0 aromatic heterocycles. The number of nitrogens with two attached hydrogens (primary N) is 1. The molecule has 1 heterocycles. The molecule has 1 aromatic carbocycles. The van der Waals surface area contributed by atoms with Gasteiger partial charge in [0.25, 0.3) is 0 Å². The Bertz CT molecular complexity index is 617. The summed E-state index contributed by atoms with van der Waals surface area (Å²) in [5, 5.41) is 1.20. The Morgan fingerprint density at radius 1 is 1.25 bits per heavy atom. The Kier molecular flexibility index (Phi) is 11.7. The summed E-state index contributed by atoms with van der Waals surface area (Å²) in [6.45, 7) is 5.13. The van der Waals surface area contributed by atoms with E-state index in [0.29, 0.717) is 29.7 Å². The number of carbonyl (C=O) groups excluding carboxylic acids is 1. The second-order valence-corrected chi connectivity index (χ2v) is 7.87. The predicted molar refractivity (Wildman–Crippen MR) is 115 cm³/mol. The molecule has 2 N–H and O–H groups in total. The Labute approximate surface area is 183 Å². The zero-order chi connectivity index (χ0) is 19.8. The molecule has 8 heteroatoms. The van der Waals surface area contributed by atoms with E-state index < -0.39 is 18.1 Å². The van der Waals surface area contributed by atoms with Crippen LogP contribution in [0.25, 0.3) is 0 Å². The number of unbranched alkanes of at least 4 members (excludes halogenated alkanes) is 2. The molecule has 0 aliphatic carbocycles. The standard InChI is InChI=1S/C20H29Cl2NO4.ClH/c1-3-4-5-8-26-19-13(2)27-20(24)18(23)12-25-11-15(19)9-14-6-7-16(21)10-17(14)22;/h6-7,10,13,15,18-19H,3-5,8-9,11-12,23H2,1-2H3;1H/t13-,15-,18-,19-;/m0./s1. The van der Waals surface area contributed by atoms with Crippen molar-refractivity contribution in [3.8, 4) is 0 Å². The number of esters is 1. The molecule has 4 atom stereocenters. The monoisotopic (exact) mass is 453 g/mol. The van der Waals surface area contributed by atoms with Gasteiger partial charge in [0, 0.05) is 22.6 Å². The van der Waals surface area contributed by atoms with Crippen molar-refractivity contribution in [1.82, 2.24) is 0 Å². The molecule has 0 bridgehead atoms. The highest BCUT2D eigenvalue weighted by atomic mass is 35.5. The molecule has 0 radical (unpaired) electrons. The lowest BCUT2D eigenvalue weighted by Crippen LogP contribution is -2.42. The lowest BCUT2D eigenvalue weighted by Gasteiger charge is -2.31. The van der Waals surface area contributed by atoms with Gasteiger partial charge in [0.15, 0.2) is 0 Å². The molecule has 160 valence electrons. The molecule has 1 saturated heterocycles. The van der Waals surface area contributed by atoms with E-state index in [9.17, 15) is 4.79 Å². The van der Waals surface area contributed by atoms with E-state index in [1.165, 1.54) is 0 Å². The highest BCUT2D eigenvalue weighted by Gasteiger charge is 2.34. The molecule has 28 heavy (non-hydrogen) atoms. The highest BCUT2D eigenvalue weighted by Crippen LogP contribution is 2.27. The first-order valence-corrected chi connectivity index (χ1v) is 10.3. The number of cyclic esters (lactones) is 1. The van der Waals surface area contributed by atoms with E-state index >= 15 is 0 Å². The third-order valence-electron chi connectivity index (χ3n) is 4.72. The van der Waals surface area contributed by atoms with Crippen molar-refractivity contribution in [1.29, 1.82) is 0 Å². The first kappa shape index (κ1) is 25.5. The second kappa shape index (κ2) is 12.9. The van der Waals surface area contributed by atoms with Crippen molar-refractivity contribution < 1.29 is 19.0 Å². The van der Waals surface area contributed by atoms with Crippen LogP contribution >= 0.6 is 35.6 Å². The molecule has 1 aromatic rings. The number of carbonyl (C=O) groups is 1. The predicted octanol–water partition coefficient (Wildman–Crippen LogP) is 4.44. The molecule has 0 spiro atoms. The fraction of sp³-hybridized carbons (Fsp3) is 0.650. The minimum atomic E-state index is -0.786. The molecule has 1 aliphatic rings. The zero-order valence-corrected chi connectivity index (χ0v) is 18.7. The van der Waals surface area contributed by atoms with Crippen LogP contribution in [0.5, 0.6) is 0 Å². The van der Waals surface area contributed by atoms with Crippen LogP contribution in [0.2, 0.25) is 10.0 Å². The molecule has 5 nitrogen and oxygen atoms in total. The maximum atomic E-state index is 12.1. The van der Waals surface area contributed by atoms with E-state index in [1.54, 1.807) is 6.07 Å². The van der Waals surface area contributed by atoms with Gasteiger partial charge in [-0.05, 0) is 37.5 Å². The van der Waals surface area contributed by atoms with Gasteiger partial charge < -0.3 is 19.9 Å². The maximum absolute atomic E-state index is 12.1. The molecular formula is C20H30Cl3NO4. The Morgan fingerprint density at radius 3 is 2.68 bits per heavy atom. The number of hydrogen-bond donors (Lipinski definition) is 1. The maximum Gasteiger partial charge on any atom is 0.325 e. The van der Waals surface area contributed by atoms with Gasteiger partial charge in [-0.3, -0.25) is 4.79 Å². The van der Waals surface area contributed by atoms with Crippen LogP contribution in [0.1, 0.15) is 38.7 Å². The van der Waals surface area contributed by atoms with Crippen molar-refractivity contribution in [2.75, 3.05) is 19.8 Å². The van der Waals surface area contributed by atoms with Gasteiger partial charge in [0.05, 0.1) is 19.3 Å². The van der Waals surface area contributed by atoms with Crippen LogP contribution in [-0.4, -0.2) is 44.0 Å². The molecule has 0 unspecified atom stereocenters. The first-order valence-electron chi connectivity index (χ1n) is 9.51. The number of halogens is 3. The van der Waals surface area contributed by atoms with Crippen molar-refractivity contribution in [2.45, 2.75) is 57.8 Å². The van der Waals surface area contributed by atoms with Crippen LogP contribution in [-0.2, 0) is 25.4 Å². The Hall–Kier alpha value is -0.560. The third kappa shape index (κ3) is 7.69. The van der Waals surface area contributed by atoms with Crippen LogP contribution in [0.3, 0.4) is 0 Å². The number of benzene rings is 1. The Balaban J connectivity index is 0.00000392. The van der Waals surface area contributed by atoms with Gasteiger partial charge in [-0.15, -0.1) is 12.4 Å². The number of ether oxygens (including phenoxy) is 3. The van der Waals surface area contributed by atoms with Crippen molar-refractivity contribution in [3.63, 3.8) is 0 Å². The number of hydrogen-bond acceptors (Lipinski definition) is 5. The normalized spacial score (nSPS) is 25.8. The van der Waals surface area contributed by atoms with Crippen molar-refractivity contribution in [3.05, 3.63) is 33.8 Å². The first-order chi connectivity index (χ1) is 12.9. The fourth-order valence-corrected chi connectivity index (χ4v) is 3.70. The summed E-state index contributed by atoms with van der Waals surface area (Å²) in [5.74, 6) is -0.492. The van der Waals surface area contributed by atoms with Crippen LogP contribution in [0.4, 0.5) is 0 Å². The third-order valence-corrected chi connectivity index (χ3v) is 5.30. The molecule has 2 rings (SSSR count). The number of rotatable bonds is 7. The SMILES string of the molecule is CCCCCO[C@@H]1[C@@H](Cc2ccc(Cl)cc2Cl)COC[C@H](N)C(=O)O[C@H]1C.Cl. The molecule has 0 saturated carbocycles. The lowest BCUT2D eigenvalue weighted by atomic mass is 9.91. The molecule has 1 aliphatic heterocycles. The largest absolute Gasteiger partial charge is 0.459 e. The summed E-state index contributed by atoms with van der Waals surface area (Å²) in [4.78, 5) is 12.1.